The van der Waals surface area contributed by atoms with Gasteiger partial charge in [-0.2, -0.15) is 0 Å². The van der Waals surface area contributed by atoms with Crippen molar-refractivity contribution in [3.05, 3.63) is 21.5 Å². The first kappa shape index (κ1) is 10.6. The van der Waals surface area contributed by atoms with Crippen LogP contribution in [0.3, 0.4) is 0 Å². The number of halogens is 4. The van der Waals surface area contributed by atoms with Crippen LogP contribution in [0.1, 0.15) is 5.69 Å². The van der Waals surface area contributed by atoms with Crippen LogP contribution in [0.25, 0.3) is 0 Å². The van der Waals surface area contributed by atoms with Gasteiger partial charge in [-0.1, -0.05) is 0 Å². The summed E-state index contributed by atoms with van der Waals surface area (Å²) in [6.45, 7) is 1.60. The van der Waals surface area contributed by atoms with Crippen LogP contribution >= 0.6 is 22.6 Å². The fourth-order valence-corrected chi connectivity index (χ4v) is 1.13. The van der Waals surface area contributed by atoms with Crippen molar-refractivity contribution in [2.75, 3.05) is 0 Å². The molecule has 1 rings (SSSR count). The minimum absolute atomic E-state index is 0.208. The molecule has 0 amide bonds. The molecule has 0 saturated heterocycles. The van der Waals surface area contributed by atoms with Gasteiger partial charge in [0.15, 0.2) is 0 Å². The molecule has 1 heterocycles. The van der Waals surface area contributed by atoms with E-state index in [2.05, 4.69) is 9.72 Å². The smallest absolute Gasteiger partial charge is 0.405 e. The summed E-state index contributed by atoms with van der Waals surface area (Å²) in [7, 11) is 0. The fourth-order valence-electron chi connectivity index (χ4n) is 0.721. The highest BCUT2D eigenvalue weighted by Gasteiger charge is 2.31. The summed E-state index contributed by atoms with van der Waals surface area (Å²) >= 11 is 1.73. The Hall–Kier alpha value is -0.530. The van der Waals surface area contributed by atoms with Crippen LogP contribution in [-0.4, -0.2) is 11.3 Å². The second-order valence-electron chi connectivity index (χ2n) is 2.30. The summed E-state index contributed by atoms with van der Waals surface area (Å²) in [4.78, 5) is 3.81. The van der Waals surface area contributed by atoms with Crippen molar-refractivity contribution in [1.29, 1.82) is 0 Å². The molecule has 0 fully saturated rings. The van der Waals surface area contributed by atoms with Gasteiger partial charge in [0, 0.05) is 18.0 Å². The zero-order chi connectivity index (χ0) is 10.1. The molecule has 0 atom stereocenters. The topological polar surface area (TPSA) is 22.1 Å². The fraction of sp³-hybridized carbons (Fsp3) is 0.286. The molecule has 0 aliphatic rings. The number of aromatic nitrogens is 1. The van der Waals surface area contributed by atoms with E-state index < -0.39 is 6.36 Å². The first-order chi connectivity index (χ1) is 5.88. The molecular weight excluding hydrogens is 298 g/mol. The molecule has 0 aliphatic carbocycles. The second kappa shape index (κ2) is 3.69. The molecule has 0 unspecified atom stereocenters. The van der Waals surface area contributed by atoms with Crippen LogP contribution < -0.4 is 4.74 Å². The number of ether oxygens (including phenoxy) is 1. The van der Waals surface area contributed by atoms with Crippen LogP contribution in [0, 0.1) is 10.5 Å². The number of aryl methyl sites for hydroxylation is 1. The van der Waals surface area contributed by atoms with E-state index in [-0.39, 0.29) is 5.75 Å². The Balaban J connectivity index is 2.94. The molecule has 0 bridgehead atoms. The number of pyridine rings is 1. The molecule has 0 N–H and O–H groups in total. The van der Waals surface area contributed by atoms with Crippen molar-refractivity contribution in [2.24, 2.45) is 0 Å². The Bertz CT molecular complexity index is 313. The highest BCUT2D eigenvalue weighted by atomic mass is 127. The third-order valence-corrected chi connectivity index (χ3v) is 1.99. The number of nitrogens with zero attached hydrogens (tertiary/aromatic N) is 1. The third-order valence-electron chi connectivity index (χ3n) is 1.18. The van der Waals surface area contributed by atoms with Crippen molar-refractivity contribution < 1.29 is 17.9 Å². The SMILES string of the molecule is Cc1cc(OC(F)(F)F)c(I)cn1. The molecule has 0 aromatic carbocycles. The monoisotopic (exact) mass is 303 g/mol. The lowest BCUT2D eigenvalue weighted by Gasteiger charge is -2.10. The van der Waals surface area contributed by atoms with Gasteiger partial charge in [0.25, 0.3) is 0 Å². The standard InChI is InChI=1S/C7H5F3INO/c1-4-2-6(5(11)3-12-4)13-7(8,9)10/h2-3H,1H3. The van der Waals surface area contributed by atoms with Gasteiger partial charge in [0.1, 0.15) is 5.75 Å². The van der Waals surface area contributed by atoms with E-state index in [4.69, 9.17) is 0 Å². The molecule has 0 spiro atoms. The Morgan fingerprint density at radius 3 is 2.62 bits per heavy atom. The minimum Gasteiger partial charge on any atom is -0.405 e. The zero-order valence-corrected chi connectivity index (χ0v) is 8.68. The first-order valence-electron chi connectivity index (χ1n) is 3.26. The van der Waals surface area contributed by atoms with Gasteiger partial charge in [-0.15, -0.1) is 13.2 Å². The lowest BCUT2D eigenvalue weighted by Crippen LogP contribution is -2.18. The summed E-state index contributed by atoms with van der Waals surface area (Å²) in [5.41, 5.74) is 0.486. The van der Waals surface area contributed by atoms with Gasteiger partial charge in [0.2, 0.25) is 0 Å². The van der Waals surface area contributed by atoms with Crippen molar-refractivity contribution in [3.63, 3.8) is 0 Å². The second-order valence-corrected chi connectivity index (χ2v) is 3.47. The van der Waals surface area contributed by atoms with Gasteiger partial charge in [-0.3, -0.25) is 4.98 Å². The molecule has 6 heteroatoms. The number of hydrogen-bond donors (Lipinski definition) is 0. The summed E-state index contributed by atoms with van der Waals surface area (Å²) in [6, 6.07) is 1.25. The van der Waals surface area contributed by atoms with Crippen molar-refractivity contribution >= 4 is 22.6 Å². The summed E-state index contributed by atoms with van der Waals surface area (Å²) in [5, 5.41) is 0. The molecule has 0 saturated carbocycles. The Morgan fingerprint density at radius 1 is 1.46 bits per heavy atom. The van der Waals surface area contributed by atoms with Crippen molar-refractivity contribution in [3.8, 4) is 5.75 Å². The van der Waals surface area contributed by atoms with E-state index in [0.29, 0.717) is 9.26 Å². The number of hydrogen-bond acceptors (Lipinski definition) is 2. The van der Waals surface area contributed by atoms with E-state index in [9.17, 15) is 13.2 Å². The van der Waals surface area contributed by atoms with Gasteiger partial charge in [-0.05, 0) is 29.5 Å². The quantitative estimate of drug-likeness (QED) is 0.744. The van der Waals surface area contributed by atoms with E-state index in [1.54, 1.807) is 29.5 Å². The van der Waals surface area contributed by atoms with Crippen LogP contribution in [0.2, 0.25) is 0 Å². The van der Waals surface area contributed by atoms with Gasteiger partial charge in [-0.25, -0.2) is 0 Å². The predicted molar refractivity (Wildman–Crippen MR) is 48.4 cm³/mol. The highest BCUT2D eigenvalue weighted by molar-refractivity contribution is 14.1. The van der Waals surface area contributed by atoms with Crippen molar-refractivity contribution in [1.82, 2.24) is 4.98 Å². The first-order valence-corrected chi connectivity index (χ1v) is 4.34. The zero-order valence-electron chi connectivity index (χ0n) is 6.52. The molecule has 13 heavy (non-hydrogen) atoms. The van der Waals surface area contributed by atoms with Crippen LogP contribution in [-0.2, 0) is 0 Å². The summed E-state index contributed by atoms with van der Waals surface area (Å²) < 4.78 is 39.5. The number of alkyl halides is 3. The lowest BCUT2D eigenvalue weighted by molar-refractivity contribution is -0.275. The molecular formula is C7H5F3INO. The Kier molecular flexibility index (Phi) is 2.99. The summed E-state index contributed by atoms with van der Waals surface area (Å²) in [5.74, 6) is -0.208. The third kappa shape index (κ3) is 3.37. The van der Waals surface area contributed by atoms with Gasteiger partial charge < -0.3 is 4.74 Å². The van der Waals surface area contributed by atoms with Crippen LogP contribution in [0.15, 0.2) is 12.3 Å². The average Bonchev–Trinajstić information content (AvgIpc) is 1.94. The average molecular weight is 303 g/mol. The maximum absolute atomic E-state index is 11.8. The van der Waals surface area contributed by atoms with E-state index >= 15 is 0 Å². The summed E-state index contributed by atoms with van der Waals surface area (Å²) in [6.07, 6.45) is -3.31. The van der Waals surface area contributed by atoms with Gasteiger partial charge in [0.05, 0.1) is 3.57 Å². The molecule has 72 valence electrons. The Labute approximate surface area is 86.3 Å². The molecule has 1 aromatic rings. The molecule has 1 aromatic heterocycles. The molecule has 0 aliphatic heterocycles. The predicted octanol–water partition coefficient (Wildman–Crippen LogP) is 2.89. The van der Waals surface area contributed by atoms with Crippen LogP contribution in [0.4, 0.5) is 13.2 Å². The lowest BCUT2D eigenvalue weighted by atomic mass is 10.4. The molecule has 2 nitrogen and oxygen atoms in total. The van der Waals surface area contributed by atoms with E-state index in [1.165, 1.54) is 12.3 Å². The maximum atomic E-state index is 11.8. The molecule has 0 radical (unpaired) electrons. The minimum atomic E-state index is -4.65. The normalized spacial score (nSPS) is 11.5. The highest BCUT2D eigenvalue weighted by Crippen LogP contribution is 2.27. The van der Waals surface area contributed by atoms with E-state index in [1.807, 2.05) is 0 Å². The van der Waals surface area contributed by atoms with Crippen molar-refractivity contribution in [2.45, 2.75) is 13.3 Å². The largest absolute Gasteiger partial charge is 0.573 e. The number of rotatable bonds is 1. The van der Waals surface area contributed by atoms with E-state index in [0.717, 1.165) is 0 Å². The maximum Gasteiger partial charge on any atom is 0.573 e. The van der Waals surface area contributed by atoms with Gasteiger partial charge >= 0.3 is 6.36 Å². The Morgan fingerprint density at radius 2 is 2.08 bits per heavy atom. The van der Waals surface area contributed by atoms with Crippen LogP contribution in [0.5, 0.6) is 5.75 Å².